The van der Waals surface area contributed by atoms with Gasteiger partial charge >= 0.3 is 12.0 Å². The van der Waals surface area contributed by atoms with E-state index in [-0.39, 0.29) is 6.04 Å². The lowest BCUT2D eigenvalue weighted by atomic mass is 10.3. The van der Waals surface area contributed by atoms with Gasteiger partial charge in [0, 0.05) is 24.7 Å². The molecule has 3 N–H and O–H groups in total. The number of rotatable bonds is 5. The first kappa shape index (κ1) is 15.2. The molecule has 0 aromatic rings. The highest BCUT2D eigenvalue weighted by Crippen LogP contribution is 2.07. The Morgan fingerprint density at radius 2 is 1.89 bits per heavy atom. The molecule has 0 radical (unpaired) electrons. The number of hydrogen-bond acceptors (Lipinski definition) is 4. The topological polar surface area (TPSA) is 98.7 Å². The molecule has 1 unspecified atom stereocenters. The van der Waals surface area contributed by atoms with Crippen LogP contribution in [0.3, 0.4) is 0 Å². The molecule has 7 nitrogen and oxygen atoms in total. The Balaban J connectivity index is 2.25. The third-order valence-corrected chi connectivity index (χ3v) is 2.72. The van der Waals surface area contributed by atoms with E-state index in [0.717, 1.165) is 25.7 Å². The van der Waals surface area contributed by atoms with Crippen LogP contribution in [0.2, 0.25) is 0 Å². The molecule has 1 atom stereocenters. The molecule has 7 heteroatoms. The van der Waals surface area contributed by atoms with Crippen molar-refractivity contribution in [1.82, 2.24) is 15.5 Å². The lowest BCUT2D eigenvalue weighted by Crippen LogP contribution is -2.47. The average Bonchev–Trinajstić information content (AvgIpc) is 2.78. The summed E-state index contributed by atoms with van der Waals surface area (Å²) in [6.07, 6.45) is 3.83. The number of imide groups is 1. The third-order valence-electron chi connectivity index (χ3n) is 2.72. The van der Waals surface area contributed by atoms with Crippen molar-refractivity contribution in [3.8, 4) is 0 Å². The smallest absolute Gasteiger partial charge is 0.328 e. The number of carbonyl (C=O) groups excluding carboxylic acids is 2. The van der Waals surface area contributed by atoms with Crippen LogP contribution in [0.1, 0.15) is 19.8 Å². The van der Waals surface area contributed by atoms with E-state index in [2.05, 4.69) is 10.2 Å². The van der Waals surface area contributed by atoms with Crippen LogP contribution in [0.4, 0.5) is 4.79 Å². The van der Waals surface area contributed by atoms with E-state index in [1.807, 2.05) is 12.2 Å². The molecule has 19 heavy (non-hydrogen) atoms. The van der Waals surface area contributed by atoms with Crippen LogP contribution in [-0.4, -0.2) is 53.6 Å². The Bertz CT molecular complexity index is 375. The molecular formula is C12H19N3O4. The van der Waals surface area contributed by atoms with Gasteiger partial charge in [0.05, 0.1) is 0 Å². The van der Waals surface area contributed by atoms with Crippen molar-refractivity contribution in [1.29, 1.82) is 0 Å². The van der Waals surface area contributed by atoms with Crippen molar-refractivity contribution in [2.75, 3.05) is 19.6 Å². The normalized spacial score (nSPS) is 17.3. The molecule has 0 spiro atoms. The Kier molecular flexibility index (Phi) is 6.01. The van der Waals surface area contributed by atoms with Gasteiger partial charge in [-0.2, -0.15) is 0 Å². The number of carbonyl (C=O) groups is 3. The fourth-order valence-corrected chi connectivity index (χ4v) is 1.96. The zero-order valence-electron chi connectivity index (χ0n) is 10.9. The fourth-order valence-electron chi connectivity index (χ4n) is 1.96. The molecule has 1 aliphatic rings. The highest BCUT2D eigenvalue weighted by atomic mass is 16.4. The van der Waals surface area contributed by atoms with Crippen molar-refractivity contribution in [3.63, 3.8) is 0 Å². The SMILES string of the molecule is CC(CN1CCCC1)NC(=O)NC(=O)C=CC(=O)O. The van der Waals surface area contributed by atoms with Crippen LogP contribution in [0.5, 0.6) is 0 Å². The largest absolute Gasteiger partial charge is 0.478 e. The first-order chi connectivity index (χ1) is 8.97. The molecule has 0 saturated carbocycles. The maximum atomic E-state index is 11.4. The first-order valence-corrected chi connectivity index (χ1v) is 6.22. The fraction of sp³-hybridized carbons (Fsp3) is 0.583. The maximum Gasteiger partial charge on any atom is 0.328 e. The number of nitrogens with one attached hydrogen (secondary N) is 2. The molecule has 0 bridgehead atoms. The van der Waals surface area contributed by atoms with E-state index in [1.54, 1.807) is 0 Å². The monoisotopic (exact) mass is 269 g/mol. The summed E-state index contributed by atoms with van der Waals surface area (Å²) in [5, 5.41) is 13.0. The number of nitrogens with zero attached hydrogens (tertiary/aromatic N) is 1. The molecular weight excluding hydrogens is 250 g/mol. The predicted molar refractivity (Wildman–Crippen MR) is 68.6 cm³/mol. The van der Waals surface area contributed by atoms with Gasteiger partial charge in [0.1, 0.15) is 0 Å². The third kappa shape index (κ3) is 6.56. The Hall–Kier alpha value is -1.89. The Morgan fingerprint density at radius 1 is 1.26 bits per heavy atom. The Morgan fingerprint density at radius 3 is 2.47 bits per heavy atom. The second kappa shape index (κ2) is 7.52. The maximum absolute atomic E-state index is 11.4. The summed E-state index contributed by atoms with van der Waals surface area (Å²) in [7, 11) is 0. The molecule has 1 fully saturated rings. The molecule has 0 aromatic heterocycles. The summed E-state index contributed by atoms with van der Waals surface area (Å²) in [4.78, 5) is 35.0. The molecule has 1 heterocycles. The summed E-state index contributed by atoms with van der Waals surface area (Å²) in [5.41, 5.74) is 0. The van der Waals surface area contributed by atoms with Gasteiger partial charge in [-0.05, 0) is 32.9 Å². The van der Waals surface area contributed by atoms with Gasteiger partial charge in [-0.25, -0.2) is 9.59 Å². The number of amides is 3. The van der Waals surface area contributed by atoms with Crippen molar-refractivity contribution >= 4 is 17.9 Å². The van der Waals surface area contributed by atoms with Gasteiger partial charge < -0.3 is 15.3 Å². The summed E-state index contributed by atoms with van der Waals surface area (Å²) >= 11 is 0. The van der Waals surface area contributed by atoms with Crippen molar-refractivity contribution in [2.24, 2.45) is 0 Å². The van der Waals surface area contributed by atoms with Crippen molar-refractivity contribution in [2.45, 2.75) is 25.8 Å². The minimum Gasteiger partial charge on any atom is -0.478 e. The summed E-state index contributed by atoms with van der Waals surface area (Å²) in [6, 6.07) is -0.693. The molecule has 106 valence electrons. The summed E-state index contributed by atoms with van der Waals surface area (Å²) < 4.78 is 0. The minimum absolute atomic E-state index is 0.0747. The molecule has 3 amide bonds. The molecule has 0 aliphatic carbocycles. The first-order valence-electron chi connectivity index (χ1n) is 6.22. The number of likely N-dealkylation sites (tertiary alicyclic amines) is 1. The van der Waals surface area contributed by atoms with E-state index in [0.29, 0.717) is 6.08 Å². The van der Waals surface area contributed by atoms with Crippen LogP contribution in [0.15, 0.2) is 12.2 Å². The van der Waals surface area contributed by atoms with E-state index in [9.17, 15) is 14.4 Å². The highest BCUT2D eigenvalue weighted by molar-refractivity contribution is 6.02. The zero-order chi connectivity index (χ0) is 14.3. The van der Waals surface area contributed by atoms with Crippen LogP contribution >= 0.6 is 0 Å². The van der Waals surface area contributed by atoms with Crippen LogP contribution in [0.25, 0.3) is 0 Å². The molecule has 1 saturated heterocycles. The van der Waals surface area contributed by atoms with Gasteiger partial charge in [0.25, 0.3) is 5.91 Å². The summed E-state index contributed by atoms with van der Waals surface area (Å²) in [6.45, 7) is 4.67. The van der Waals surface area contributed by atoms with E-state index in [4.69, 9.17) is 5.11 Å². The van der Waals surface area contributed by atoms with E-state index >= 15 is 0 Å². The summed E-state index contributed by atoms with van der Waals surface area (Å²) in [5.74, 6) is -1.99. The quantitative estimate of drug-likeness (QED) is 0.607. The van der Waals surface area contributed by atoms with Crippen LogP contribution in [-0.2, 0) is 9.59 Å². The highest BCUT2D eigenvalue weighted by Gasteiger charge is 2.16. The van der Waals surface area contributed by atoms with Crippen LogP contribution < -0.4 is 10.6 Å². The van der Waals surface area contributed by atoms with Crippen LogP contribution in [0, 0.1) is 0 Å². The average molecular weight is 269 g/mol. The van der Waals surface area contributed by atoms with Gasteiger partial charge in [0.15, 0.2) is 0 Å². The second-order valence-electron chi connectivity index (χ2n) is 4.54. The van der Waals surface area contributed by atoms with Gasteiger partial charge in [-0.3, -0.25) is 10.1 Å². The molecule has 1 aliphatic heterocycles. The number of hydrogen-bond donors (Lipinski definition) is 3. The number of carboxylic acid groups (broad SMARTS) is 1. The van der Waals surface area contributed by atoms with Crippen molar-refractivity contribution in [3.05, 3.63) is 12.2 Å². The zero-order valence-corrected chi connectivity index (χ0v) is 10.9. The van der Waals surface area contributed by atoms with Gasteiger partial charge in [-0.15, -0.1) is 0 Å². The lowest BCUT2D eigenvalue weighted by Gasteiger charge is -2.20. The molecule has 1 rings (SSSR count). The van der Waals surface area contributed by atoms with Gasteiger partial charge in [0.2, 0.25) is 0 Å². The predicted octanol–water partition coefficient (Wildman–Crippen LogP) is -0.0627. The number of carboxylic acids is 1. The second-order valence-corrected chi connectivity index (χ2v) is 4.54. The Labute approximate surface area is 111 Å². The minimum atomic E-state index is -1.24. The number of aliphatic carboxylic acids is 1. The van der Waals surface area contributed by atoms with Gasteiger partial charge in [-0.1, -0.05) is 0 Å². The lowest BCUT2D eigenvalue weighted by molar-refractivity contribution is -0.131. The van der Waals surface area contributed by atoms with E-state index < -0.39 is 17.9 Å². The number of urea groups is 1. The van der Waals surface area contributed by atoms with Crippen molar-refractivity contribution < 1.29 is 19.5 Å². The molecule has 0 aromatic carbocycles. The standard InChI is InChI=1S/C12H19N3O4/c1-9(8-15-6-2-3-7-15)13-12(19)14-10(16)4-5-11(17)18/h4-5,9H,2-3,6-8H2,1H3,(H,17,18)(H2,13,14,16,19). The van der Waals surface area contributed by atoms with E-state index in [1.165, 1.54) is 12.8 Å².